The second-order valence-electron chi connectivity index (χ2n) is 6.33. The van der Waals surface area contributed by atoms with Gasteiger partial charge in [0.1, 0.15) is 16.2 Å². The van der Waals surface area contributed by atoms with E-state index in [9.17, 15) is 0 Å². The molecule has 0 spiro atoms. The van der Waals surface area contributed by atoms with E-state index in [0.717, 1.165) is 16.2 Å². The summed E-state index contributed by atoms with van der Waals surface area (Å²) in [6.07, 6.45) is 3.87. The van der Waals surface area contributed by atoms with E-state index in [1.165, 1.54) is 25.0 Å². The van der Waals surface area contributed by atoms with Crippen molar-refractivity contribution in [3.63, 3.8) is 0 Å². The largest absolute Gasteiger partial charge is 0.366 e. The van der Waals surface area contributed by atoms with E-state index >= 15 is 0 Å². The number of hydrogen-bond donors (Lipinski definition) is 1. The Bertz CT molecular complexity index is 459. The summed E-state index contributed by atoms with van der Waals surface area (Å²) in [5, 5.41) is 4.34. The van der Waals surface area contributed by atoms with E-state index < -0.39 is 0 Å². The average Bonchev–Trinajstić information content (AvgIpc) is 2.75. The Kier molecular flexibility index (Phi) is 5.35. The Balaban J connectivity index is 2.15. The van der Waals surface area contributed by atoms with Gasteiger partial charge in [0, 0.05) is 22.8 Å². The summed E-state index contributed by atoms with van der Waals surface area (Å²) in [4.78, 5) is 9.20. The van der Waals surface area contributed by atoms with Crippen LogP contribution in [-0.2, 0) is 5.41 Å². The Labute approximate surface area is 134 Å². The number of rotatable bonds is 4. The molecule has 1 saturated carbocycles. The normalized spacial score (nSPS) is 23.1. The lowest BCUT2D eigenvalue weighted by Gasteiger charge is -2.23. The van der Waals surface area contributed by atoms with Gasteiger partial charge in [-0.3, -0.25) is 0 Å². The molecule has 1 aromatic heterocycles. The van der Waals surface area contributed by atoms with Crippen LogP contribution in [0.15, 0.2) is 10.7 Å². The molecule has 0 amide bonds. The van der Waals surface area contributed by atoms with Crippen molar-refractivity contribution in [3.8, 4) is 0 Å². The lowest BCUT2D eigenvalue weighted by molar-refractivity contribution is 0.543. The van der Waals surface area contributed by atoms with E-state index in [1.807, 2.05) is 6.07 Å². The van der Waals surface area contributed by atoms with Crippen LogP contribution in [0.4, 0.5) is 5.82 Å². The van der Waals surface area contributed by atoms with Gasteiger partial charge in [-0.15, -0.1) is 0 Å². The average molecular weight is 358 g/mol. The van der Waals surface area contributed by atoms with Gasteiger partial charge >= 0.3 is 0 Å². The summed E-state index contributed by atoms with van der Waals surface area (Å²) in [5.74, 6) is 3.02. The van der Waals surface area contributed by atoms with Crippen LogP contribution < -0.4 is 5.32 Å². The number of nitrogens with one attached hydrogen (secondary N) is 1. The predicted molar refractivity (Wildman–Crippen MR) is 91.6 cm³/mol. The second-order valence-corrected chi connectivity index (χ2v) is 8.65. The van der Waals surface area contributed by atoms with Gasteiger partial charge in [-0.2, -0.15) is 11.8 Å². The molecule has 1 heterocycles. The van der Waals surface area contributed by atoms with Gasteiger partial charge in [-0.1, -0.05) is 34.1 Å². The van der Waals surface area contributed by atoms with E-state index in [1.54, 1.807) is 0 Å². The Morgan fingerprint density at radius 3 is 2.75 bits per heavy atom. The summed E-state index contributed by atoms with van der Waals surface area (Å²) in [7, 11) is 0. The summed E-state index contributed by atoms with van der Waals surface area (Å²) in [5.41, 5.74) is -0.0343. The number of thioether (sulfide) groups is 1. The highest BCUT2D eigenvalue weighted by molar-refractivity contribution is 9.10. The maximum Gasteiger partial charge on any atom is 0.137 e. The SMILES string of the molecule is CCSC1CCCC1Nc1cc(Br)nc(C(C)(C)C)n1. The first-order valence-corrected chi connectivity index (χ1v) is 9.17. The molecule has 1 aromatic rings. The minimum atomic E-state index is -0.0343. The van der Waals surface area contributed by atoms with Crippen LogP contribution >= 0.6 is 27.7 Å². The maximum atomic E-state index is 4.70. The summed E-state index contributed by atoms with van der Waals surface area (Å²) in [6, 6.07) is 2.52. The Morgan fingerprint density at radius 1 is 1.35 bits per heavy atom. The van der Waals surface area contributed by atoms with Gasteiger partial charge < -0.3 is 5.32 Å². The molecule has 2 atom stereocenters. The van der Waals surface area contributed by atoms with Crippen molar-refractivity contribution in [2.45, 2.75) is 63.7 Å². The van der Waals surface area contributed by atoms with Crippen LogP contribution in [0.5, 0.6) is 0 Å². The van der Waals surface area contributed by atoms with E-state index in [0.29, 0.717) is 11.3 Å². The fraction of sp³-hybridized carbons (Fsp3) is 0.733. The van der Waals surface area contributed by atoms with Crippen LogP contribution in [0.1, 0.15) is 52.8 Å². The first-order valence-electron chi connectivity index (χ1n) is 7.33. The third-order valence-corrected chi connectivity index (χ3v) is 5.26. The molecule has 0 aromatic carbocycles. The fourth-order valence-corrected chi connectivity index (χ4v) is 4.10. The highest BCUT2D eigenvalue weighted by atomic mass is 79.9. The summed E-state index contributed by atoms with van der Waals surface area (Å²) < 4.78 is 0.859. The minimum absolute atomic E-state index is 0.0343. The molecule has 0 bridgehead atoms. The van der Waals surface area contributed by atoms with Gasteiger partial charge in [0.2, 0.25) is 0 Å². The maximum absolute atomic E-state index is 4.70. The zero-order valence-electron chi connectivity index (χ0n) is 12.7. The minimum Gasteiger partial charge on any atom is -0.366 e. The zero-order chi connectivity index (χ0) is 14.8. The molecule has 112 valence electrons. The molecular formula is C15H24BrN3S. The van der Waals surface area contributed by atoms with Crippen LogP contribution in [-0.4, -0.2) is 27.0 Å². The Morgan fingerprint density at radius 2 is 2.10 bits per heavy atom. The first kappa shape index (κ1) is 16.1. The number of aromatic nitrogens is 2. The molecule has 1 N–H and O–H groups in total. The summed E-state index contributed by atoms with van der Waals surface area (Å²) >= 11 is 5.57. The van der Waals surface area contributed by atoms with Gasteiger partial charge in [0.25, 0.3) is 0 Å². The number of hydrogen-bond acceptors (Lipinski definition) is 4. The number of halogens is 1. The highest BCUT2D eigenvalue weighted by Gasteiger charge is 2.28. The van der Waals surface area contributed by atoms with Gasteiger partial charge in [0.15, 0.2) is 0 Å². The standard InChI is InChI=1S/C15H24BrN3S/c1-5-20-11-8-6-7-10(11)17-13-9-12(16)18-14(19-13)15(2,3)4/h9-11H,5-8H2,1-4H3,(H,17,18,19). The molecule has 0 saturated heterocycles. The van der Waals surface area contributed by atoms with E-state index in [2.05, 4.69) is 65.7 Å². The highest BCUT2D eigenvalue weighted by Crippen LogP contribution is 2.32. The fourth-order valence-electron chi connectivity index (χ4n) is 2.52. The zero-order valence-corrected chi connectivity index (χ0v) is 15.1. The van der Waals surface area contributed by atoms with Crippen LogP contribution in [0.2, 0.25) is 0 Å². The lowest BCUT2D eigenvalue weighted by atomic mass is 9.96. The van der Waals surface area contributed by atoms with Crippen molar-refractivity contribution in [3.05, 3.63) is 16.5 Å². The molecule has 0 radical (unpaired) electrons. The molecule has 20 heavy (non-hydrogen) atoms. The molecular weight excluding hydrogens is 334 g/mol. The van der Waals surface area contributed by atoms with Crippen LogP contribution in [0.25, 0.3) is 0 Å². The van der Waals surface area contributed by atoms with Gasteiger partial charge in [-0.25, -0.2) is 9.97 Å². The number of nitrogens with zero attached hydrogens (tertiary/aromatic N) is 2. The first-order chi connectivity index (χ1) is 9.40. The monoisotopic (exact) mass is 357 g/mol. The van der Waals surface area contributed by atoms with Gasteiger partial charge in [-0.05, 0) is 34.5 Å². The molecule has 1 fully saturated rings. The molecule has 1 aliphatic rings. The predicted octanol–water partition coefficient (Wildman–Crippen LogP) is 4.62. The topological polar surface area (TPSA) is 37.8 Å². The van der Waals surface area contributed by atoms with E-state index in [4.69, 9.17) is 4.98 Å². The van der Waals surface area contributed by atoms with Crippen molar-refractivity contribution in [1.82, 2.24) is 9.97 Å². The molecule has 0 aliphatic heterocycles. The molecule has 5 heteroatoms. The summed E-state index contributed by atoms with van der Waals surface area (Å²) in [6.45, 7) is 8.66. The van der Waals surface area contributed by atoms with Crippen molar-refractivity contribution in [2.24, 2.45) is 0 Å². The lowest BCUT2D eigenvalue weighted by Crippen LogP contribution is -2.27. The van der Waals surface area contributed by atoms with Crippen molar-refractivity contribution in [1.29, 1.82) is 0 Å². The number of anilines is 1. The quantitative estimate of drug-likeness (QED) is 0.797. The molecule has 2 unspecified atom stereocenters. The van der Waals surface area contributed by atoms with Crippen molar-refractivity contribution >= 4 is 33.5 Å². The van der Waals surface area contributed by atoms with Gasteiger partial charge in [0.05, 0.1) is 0 Å². The van der Waals surface area contributed by atoms with Crippen LogP contribution in [0.3, 0.4) is 0 Å². The second kappa shape index (κ2) is 6.65. The van der Waals surface area contributed by atoms with E-state index in [-0.39, 0.29) is 5.41 Å². The van der Waals surface area contributed by atoms with Crippen LogP contribution in [0, 0.1) is 0 Å². The van der Waals surface area contributed by atoms with Crippen molar-refractivity contribution < 1.29 is 0 Å². The Hall–Kier alpha value is -0.290. The van der Waals surface area contributed by atoms with Crippen molar-refractivity contribution in [2.75, 3.05) is 11.1 Å². The third kappa shape index (κ3) is 4.10. The smallest absolute Gasteiger partial charge is 0.137 e. The molecule has 1 aliphatic carbocycles. The molecule has 2 rings (SSSR count). The third-order valence-electron chi connectivity index (χ3n) is 3.53. The molecule has 3 nitrogen and oxygen atoms in total.